The van der Waals surface area contributed by atoms with Gasteiger partial charge in [-0.3, -0.25) is 4.79 Å². The smallest absolute Gasteiger partial charge is 0.315 e. The van der Waals surface area contributed by atoms with Crippen molar-refractivity contribution in [1.82, 2.24) is 20.8 Å². The van der Waals surface area contributed by atoms with Gasteiger partial charge in [-0.05, 0) is 20.9 Å². The van der Waals surface area contributed by atoms with Crippen LogP contribution in [-0.4, -0.2) is 36.2 Å². The van der Waals surface area contributed by atoms with Gasteiger partial charge in [0.2, 0.25) is 11.8 Å². The topological polar surface area (TPSA) is 92.1 Å². The molecule has 1 atom stereocenters. The Kier molecular flexibility index (Phi) is 4.71. The van der Waals surface area contributed by atoms with E-state index in [9.17, 15) is 4.79 Å². The minimum atomic E-state index is -0.107. The Labute approximate surface area is 94.0 Å². The van der Waals surface area contributed by atoms with Crippen LogP contribution in [0.4, 0.5) is 6.01 Å². The lowest BCUT2D eigenvalue weighted by molar-refractivity contribution is -0.119. The number of carbonyl (C=O) groups is 1. The van der Waals surface area contributed by atoms with Crippen molar-refractivity contribution >= 4 is 11.9 Å². The second-order valence-corrected chi connectivity index (χ2v) is 3.26. The van der Waals surface area contributed by atoms with Gasteiger partial charge < -0.3 is 20.4 Å². The van der Waals surface area contributed by atoms with Crippen LogP contribution in [0.3, 0.4) is 0 Å². The average molecular weight is 227 g/mol. The summed E-state index contributed by atoms with van der Waals surface area (Å²) in [5.41, 5.74) is 0. The van der Waals surface area contributed by atoms with E-state index in [4.69, 9.17) is 4.42 Å². The number of likely N-dealkylation sites (N-methyl/N-ethyl adjacent to an activating group) is 1. The molecule has 7 heteroatoms. The third-order valence-corrected chi connectivity index (χ3v) is 2.02. The number of hydrogen-bond donors (Lipinski definition) is 3. The Balaban J connectivity index is 2.43. The molecule has 0 saturated heterocycles. The van der Waals surface area contributed by atoms with E-state index in [0.29, 0.717) is 12.4 Å². The van der Waals surface area contributed by atoms with E-state index in [-0.39, 0.29) is 24.5 Å². The van der Waals surface area contributed by atoms with Crippen LogP contribution in [0.15, 0.2) is 4.42 Å². The highest BCUT2D eigenvalue weighted by Crippen LogP contribution is 2.12. The molecular formula is C9H17N5O2. The lowest BCUT2D eigenvalue weighted by atomic mass is 10.3. The minimum absolute atomic E-state index is 0.00693. The van der Waals surface area contributed by atoms with Crippen LogP contribution in [0.1, 0.15) is 25.8 Å². The zero-order valence-electron chi connectivity index (χ0n) is 9.70. The Morgan fingerprint density at radius 3 is 2.88 bits per heavy atom. The summed E-state index contributed by atoms with van der Waals surface area (Å²) >= 11 is 0. The van der Waals surface area contributed by atoms with Gasteiger partial charge >= 0.3 is 6.01 Å². The number of nitrogens with one attached hydrogen (secondary N) is 3. The average Bonchev–Trinajstić information content (AvgIpc) is 2.74. The predicted molar refractivity (Wildman–Crippen MR) is 58.9 cm³/mol. The van der Waals surface area contributed by atoms with E-state index in [1.54, 1.807) is 7.05 Å². The fourth-order valence-electron chi connectivity index (χ4n) is 1.02. The molecular weight excluding hydrogens is 210 g/mol. The van der Waals surface area contributed by atoms with Gasteiger partial charge in [0.25, 0.3) is 0 Å². The van der Waals surface area contributed by atoms with Gasteiger partial charge in [0, 0.05) is 6.54 Å². The molecule has 1 heterocycles. The lowest BCUT2D eigenvalue weighted by Gasteiger charge is -2.03. The van der Waals surface area contributed by atoms with E-state index in [1.807, 2.05) is 13.8 Å². The first-order valence-corrected chi connectivity index (χ1v) is 5.18. The normalized spacial score (nSPS) is 12.2. The van der Waals surface area contributed by atoms with E-state index < -0.39 is 0 Å². The summed E-state index contributed by atoms with van der Waals surface area (Å²) in [6.07, 6.45) is 0. The van der Waals surface area contributed by atoms with E-state index >= 15 is 0 Å². The molecule has 0 fully saturated rings. The fraction of sp³-hybridized carbons (Fsp3) is 0.667. The fourth-order valence-corrected chi connectivity index (χ4v) is 1.02. The molecule has 1 aromatic rings. The molecule has 0 saturated carbocycles. The maximum absolute atomic E-state index is 11.1. The van der Waals surface area contributed by atoms with Crippen molar-refractivity contribution in [1.29, 1.82) is 0 Å². The highest BCUT2D eigenvalue weighted by atomic mass is 16.4. The third kappa shape index (κ3) is 3.50. The molecule has 0 bridgehead atoms. The number of nitrogens with zero attached hydrogens (tertiary/aromatic N) is 2. The zero-order valence-corrected chi connectivity index (χ0v) is 9.70. The Morgan fingerprint density at radius 1 is 1.50 bits per heavy atom. The number of carbonyl (C=O) groups excluding carboxylic acids is 1. The molecule has 1 aromatic heterocycles. The first-order chi connectivity index (χ1) is 7.67. The van der Waals surface area contributed by atoms with Crippen molar-refractivity contribution in [3.8, 4) is 0 Å². The number of rotatable bonds is 6. The van der Waals surface area contributed by atoms with Crippen molar-refractivity contribution in [2.24, 2.45) is 0 Å². The highest BCUT2D eigenvalue weighted by Gasteiger charge is 2.11. The summed E-state index contributed by atoms with van der Waals surface area (Å²) < 4.78 is 5.29. The second-order valence-electron chi connectivity index (χ2n) is 3.26. The van der Waals surface area contributed by atoms with E-state index in [0.717, 1.165) is 0 Å². The van der Waals surface area contributed by atoms with Gasteiger partial charge in [-0.2, -0.15) is 0 Å². The molecule has 0 aromatic carbocycles. The Morgan fingerprint density at radius 2 is 2.25 bits per heavy atom. The van der Waals surface area contributed by atoms with Crippen molar-refractivity contribution in [2.75, 3.05) is 25.5 Å². The molecule has 0 aliphatic heterocycles. The van der Waals surface area contributed by atoms with Gasteiger partial charge in [-0.1, -0.05) is 5.10 Å². The van der Waals surface area contributed by atoms with Crippen LogP contribution >= 0.6 is 0 Å². The lowest BCUT2D eigenvalue weighted by Crippen LogP contribution is -2.29. The molecule has 0 aliphatic carbocycles. The van der Waals surface area contributed by atoms with E-state index in [2.05, 4.69) is 26.1 Å². The van der Waals surface area contributed by atoms with Crippen LogP contribution in [0.2, 0.25) is 0 Å². The first-order valence-electron chi connectivity index (χ1n) is 5.18. The number of hydrogen-bond acceptors (Lipinski definition) is 6. The molecule has 16 heavy (non-hydrogen) atoms. The van der Waals surface area contributed by atoms with Crippen LogP contribution in [0.25, 0.3) is 0 Å². The highest BCUT2D eigenvalue weighted by molar-refractivity contribution is 5.79. The standard InChI is InChI=1S/C9H17N5O2/c1-4-11-7(15)5-12-9-14-13-8(16-9)6(2)10-3/h6,10H,4-5H2,1-3H3,(H,11,15)(H,12,14). The summed E-state index contributed by atoms with van der Waals surface area (Å²) in [4.78, 5) is 11.1. The van der Waals surface area contributed by atoms with Crippen LogP contribution in [0.5, 0.6) is 0 Å². The van der Waals surface area contributed by atoms with Crippen molar-refractivity contribution in [2.45, 2.75) is 19.9 Å². The molecule has 90 valence electrons. The summed E-state index contributed by atoms with van der Waals surface area (Å²) in [7, 11) is 1.80. The monoisotopic (exact) mass is 227 g/mol. The van der Waals surface area contributed by atoms with Crippen molar-refractivity contribution < 1.29 is 9.21 Å². The van der Waals surface area contributed by atoms with Crippen molar-refractivity contribution in [3.63, 3.8) is 0 Å². The molecule has 0 radical (unpaired) electrons. The molecule has 1 rings (SSSR count). The summed E-state index contributed by atoms with van der Waals surface area (Å²) in [5, 5.41) is 16.0. The molecule has 1 unspecified atom stereocenters. The quantitative estimate of drug-likeness (QED) is 0.628. The maximum Gasteiger partial charge on any atom is 0.315 e. The molecule has 1 amide bonds. The summed E-state index contributed by atoms with van der Waals surface area (Å²) in [6.45, 7) is 4.49. The minimum Gasteiger partial charge on any atom is -0.406 e. The SMILES string of the molecule is CCNC(=O)CNc1nnc(C(C)NC)o1. The molecule has 3 N–H and O–H groups in total. The van der Waals surface area contributed by atoms with Crippen LogP contribution in [0, 0.1) is 0 Å². The second kappa shape index (κ2) is 6.06. The predicted octanol–water partition coefficient (Wildman–Crippen LogP) is -0.102. The zero-order chi connectivity index (χ0) is 12.0. The van der Waals surface area contributed by atoms with Gasteiger partial charge in [-0.25, -0.2) is 0 Å². The van der Waals surface area contributed by atoms with E-state index in [1.165, 1.54) is 0 Å². The largest absolute Gasteiger partial charge is 0.406 e. The molecule has 7 nitrogen and oxygen atoms in total. The Bertz CT molecular complexity index is 338. The summed E-state index contributed by atoms with van der Waals surface area (Å²) in [6, 6.07) is 0.246. The molecule has 0 aliphatic rings. The van der Waals surface area contributed by atoms with Gasteiger partial charge in [-0.15, -0.1) is 5.10 Å². The number of anilines is 1. The Hall–Kier alpha value is -1.63. The third-order valence-electron chi connectivity index (χ3n) is 2.02. The first kappa shape index (κ1) is 12.4. The van der Waals surface area contributed by atoms with Crippen LogP contribution < -0.4 is 16.0 Å². The number of amides is 1. The van der Waals surface area contributed by atoms with Gasteiger partial charge in [0.15, 0.2) is 0 Å². The van der Waals surface area contributed by atoms with Crippen LogP contribution in [-0.2, 0) is 4.79 Å². The summed E-state index contributed by atoms with van der Waals surface area (Å²) in [5.74, 6) is 0.379. The molecule has 0 spiro atoms. The number of aromatic nitrogens is 2. The van der Waals surface area contributed by atoms with Crippen molar-refractivity contribution in [3.05, 3.63) is 5.89 Å². The maximum atomic E-state index is 11.1. The van der Waals surface area contributed by atoms with Gasteiger partial charge in [0.1, 0.15) is 0 Å². The van der Waals surface area contributed by atoms with Gasteiger partial charge in [0.05, 0.1) is 12.6 Å².